The highest BCUT2D eigenvalue weighted by atomic mass is 35.5. The van der Waals surface area contributed by atoms with E-state index >= 15 is 0 Å². The van der Waals surface area contributed by atoms with Crippen LogP contribution in [0, 0.1) is 5.92 Å². The SMILES string of the molecule is CCC1CCCN(c2ncnc(Cl)c2CO)CC1. The molecule has 5 heteroatoms. The monoisotopic (exact) mass is 269 g/mol. The smallest absolute Gasteiger partial charge is 0.140 e. The van der Waals surface area contributed by atoms with Crippen molar-refractivity contribution in [3.8, 4) is 0 Å². The van der Waals surface area contributed by atoms with E-state index in [0.717, 1.165) is 24.8 Å². The third kappa shape index (κ3) is 2.93. The third-order valence-electron chi connectivity index (χ3n) is 3.75. The number of hydrogen-bond donors (Lipinski definition) is 1. The first kappa shape index (κ1) is 13.6. The fourth-order valence-electron chi connectivity index (χ4n) is 2.58. The van der Waals surface area contributed by atoms with Crippen LogP contribution in [-0.2, 0) is 6.61 Å². The molecule has 0 bridgehead atoms. The van der Waals surface area contributed by atoms with Crippen molar-refractivity contribution < 1.29 is 5.11 Å². The lowest BCUT2D eigenvalue weighted by Crippen LogP contribution is -2.26. The first-order chi connectivity index (χ1) is 8.76. The molecular formula is C13H20ClN3O. The Morgan fingerprint density at radius 2 is 2.22 bits per heavy atom. The summed E-state index contributed by atoms with van der Waals surface area (Å²) in [5.74, 6) is 1.61. The van der Waals surface area contributed by atoms with Crippen LogP contribution >= 0.6 is 11.6 Å². The van der Waals surface area contributed by atoms with Crippen molar-refractivity contribution in [1.29, 1.82) is 0 Å². The summed E-state index contributed by atoms with van der Waals surface area (Å²) >= 11 is 6.01. The van der Waals surface area contributed by atoms with Gasteiger partial charge in [-0.1, -0.05) is 24.9 Å². The van der Waals surface area contributed by atoms with Crippen LogP contribution in [0.5, 0.6) is 0 Å². The second-order valence-electron chi connectivity index (χ2n) is 4.82. The van der Waals surface area contributed by atoms with E-state index in [2.05, 4.69) is 21.8 Å². The Morgan fingerprint density at radius 3 is 2.94 bits per heavy atom. The Kier molecular flexibility index (Phi) is 4.78. The lowest BCUT2D eigenvalue weighted by Gasteiger charge is -2.23. The molecule has 1 unspecified atom stereocenters. The van der Waals surface area contributed by atoms with Gasteiger partial charge in [-0.05, 0) is 25.2 Å². The molecule has 2 heterocycles. The molecule has 1 aromatic heterocycles. The number of rotatable bonds is 3. The molecule has 4 nitrogen and oxygen atoms in total. The number of aromatic nitrogens is 2. The van der Waals surface area contributed by atoms with E-state index in [-0.39, 0.29) is 6.61 Å². The van der Waals surface area contributed by atoms with Crippen molar-refractivity contribution >= 4 is 17.4 Å². The van der Waals surface area contributed by atoms with Gasteiger partial charge in [-0.25, -0.2) is 9.97 Å². The number of halogens is 1. The van der Waals surface area contributed by atoms with Gasteiger partial charge in [-0.15, -0.1) is 0 Å². The van der Waals surface area contributed by atoms with Gasteiger partial charge < -0.3 is 10.0 Å². The van der Waals surface area contributed by atoms with E-state index in [0.29, 0.717) is 10.7 Å². The number of hydrogen-bond acceptors (Lipinski definition) is 4. The van der Waals surface area contributed by atoms with E-state index in [1.54, 1.807) is 0 Å². The highest BCUT2D eigenvalue weighted by Crippen LogP contribution is 2.27. The van der Waals surface area contributed by atoms with E-state index in [1.807, 2.05) is 0 Å². The predicted molar refractivity (Wildman–Crippen MR) is 72.8 cm³/mol. The number of anilines is 1. The second kappa shape index (κ2) is 6.34. The Balaban J connectivity index is 2.18. The van der Waals surface area contributed by atoms with Crippen molar-refractivity contribution in [2.45, 2.75) is 39.2 Å². The Labute approximate surface area is 113 Å². The van der Waals surface area contributed by atoms with Crippen molar-refractivity contribution in [1.82, 2.24) is 9.97 Å². The maximum atomic E-state index is 9.41. The van der Waals surface area contributed by atoms with Crippen LogP contribution in [-0.4, -0.2) is 28.2 Å². The fraction of sp³-hybridized carbons (Fsp3) is 0.692. The zero-order valence-electron chi connectivity index (χ0n) is 10.8. The molecule has 0 amide bonds. The molecule has 1 atom stereocenters. The highest BCUT2D eigenvalue weighted by molar-refractivity contribution is 6.30. The molecule has 1 aromatic rings. The van der Waals surface area contributed by atoms with Crippen molar-refractivity contribution in [2.24, 2.45) is 5.92 Å². The topological polar surface area (TPSA) is 49.2 Å². The maximum Gasteiger partial charge on any atom is 0.140 e. The molecule has 0 aliphatic carbocycles. The predicted octanol–water partition coefficient (Wildman–Crippen LogP) is 2.64. The second-order valence-corrected chi connectivity index (χ2v) is 5.17. The largest absolute Gasteiger partial charge is 0.391 e. The minimum atomic E-state index is -0.108. The number of aliphatic hydroxyl groups excluding tert-OH is 1. The van der Waals surface area contributed by atoms with Gasteiger partial charge in [0.1, 0.15) is 17.3 Å². The average Bonchev–Trinajstić information content (AvgIpc) is 2.63. The van der Waals surface area contributed by atoms with E-state index in [1.165, 1.54) is 32.0 Å². The van der Waals surface area contributed by atoms with Gasteiger partial charge in [-0.2, -0.15) is 0 Å². The van der Waals surface area contributed by atoms with Gasteiger partial charge >= 0.3 is 0 Å². The van der Waals surface area contributed by atoms with Crippen LogP contribution in [0.25, 0.3) is 0 Å². The van der Waals surface area contributed by atoms with Crippen molar-refractivity contribution in [2.75, 3.05) is 18.0 Å². The maximum absolute atomic E-state index is 9.41. The van der Waals surface area contributed by atoms with Gasteiger partial charge in [0.2, 0.25) is 0 Å². The molecule has 18 heavy (non-hydrogen) atoms. The van der Waals surface area contributed by atoms with Crippen LogP contribution in [0.15, 0.2) is 6.33 Å². The molecule has 0 spiro atoms. The van der Waals surface area contributed by atoms with Crippen LogP contribution in [0.4, 0.5) is 5.82 Å². The van der Waals surface area contributed by atoms with Gasteiger partial charge in [0.05, 0.1) is 12.2 Å². The normalized spacial score (nSPS) is 20.8. The fourth-order valence-corrected chi connectivity index (χ4v) is 2.76. The first-order valence-electron chi connectivity index (χ1n) is 6.61. The van der Waals surface area contributed by atoms with Gasteiger partial charge in [0.25, 0.3) is 0 Å². The van der Waals surface area contributed by atoms with Crippen LogP contribution in [0.1, 0.15) is 38.2 Å². The minimum absolute atomic E-state index is 0.108. The van der Waals surface area contributed by atoms with E-state index < -0.39 is 0 Å². The molecule has 100 valence electrons. The lowest BCUT2D eigenvalue weighted by atomic mass is 9.98. The zero-order chi connectivity index (χ0) is 13.0. The molecule has 0 saturated carbocycles. The summed E-state index contributed by atoms with van der Waals surface area (Å²) in [5, 5.41) is 9.77. The summed E-state index contributed by atoms with van der Waals surface area (Å²) in [6, 6.07) is 0. The van der Waals surface area contributed by atoms with Crippen molar-refractivity contribution in [3.63, 3.8) is 0 Å². The standard InChI is InChI=1S/C13H20ClN3O/c1-2-10-4-3-6-17(7-5-10)13-11(8-18)12(14)15-9-16-13/h9-10,18H,2-8H2,1H3. The minimum Gasteiger partial charge on any atom is -0.391 e. The lowest BCUT2D eigenvalue weighted by molar-refractivity contribution is 0.281. The van der Waals surface area contributed by atoms with E-state index in [9.17, 15) is 5.11 Å². The summed E-state index contributed by atoms with van der Waals surface area (Å²) in [5.41, 5.74) is 0.647. The van der Waals surface area contributed by atoms with Crippen LogP contribution in [0.3, 0.4) is 0 Å². The summed E-state index contributed by atoms with van der Waals surface area (Å²) in [6.07, 6.45) is 6.35. The molecule has 1 saturated heterocycles. The van der Waals surface area contributed by atoms with E-state index in [4.69, 9.17) is 11.6 Å². The molecule has 0 aromatic carbocycles. The Hall–Kier alpha value is -0.870. The highest BCUT2D eigenvalue weighted by Gasteiger charge is 2.20. The summed E-state index contributed by atoms with van der Waals surface area (Å²) in [6.45, 7) is 4.11. The number of nitrogens with zero attached hydrogens (tertiary/aromatic N) is 3. The quantitative estimate of drug-likeness (QED) is 0.857. The van der Waals surface area contributed by atoms with Gasteiger partial charge in [0.15, 0.2) is 0 Å². The molecule has 1 aliphatic heterocycles. The zero-order valence-corrected chi connectivity index (χ0v) is 11.5. The summed E-state index contributed by atoms with van der Waals surface area (Å²) in [4.78, 5) is 10.5. The Morgan fingerprint density at radius 1 is 1.39 bits per heavy atom. The molecule has 1 aliphatic rings. The van der Waals surface area contributed by atoms with Crippen LogP contribution in [0.2, 0.25) is 5.15 Å². The van der Waals surface area contributed by atoms with Crippen LogP contribution < -0.4 is 4.90 Å². The third-order valence-corrected chi connectivity index (χ3v) is 4.08. The molecule has 2 rings (SSSR count). The molecule has 0 radical (unpaired) electrons. The number of aliphatic hydroxyl groups is 1. The summed E-state index contributed by atoms with van der Waals surface area (Å²) < 4.78 is 0. The van der Waals surface area contributed by atoms with Gasteiger partial charge in [-0.3, -0.25) is 0 Å². The van der Waals surface area contributed by atoms with Gasteiger partial charge in [0, 0.05) is 13.1 Å². The Bertz CT molecular complexity index is 400. The first-order valence-corrected chi connectivity index (χ1v) is 6.99. The summed E-state index contributed by atoms with van der Waals surface area (Å²) in [7, 11) is 0. The van der Waals surface area contributed by atoms with Crippen molar-refractivity contribution in [3.05, 3.63) is 17.0 Å². The molecule has 1 N–H and O–H groups in total. The molecule has 1 fully saturated rings. The molecular weight excluding hydrogens is 250 g/mol. The average molecular weight is 270 g/mol.